The molecule has 0 N–H and O–H groups in total. The highest BCUT2D eigenvalue weighted by Gasteiger charge is 2.14. The molecule has 0 bridgehead atoms. The van der Waals surface area contributed by atoms with Gasteiger partial charge in [-0.3, -0.25) is 0 Å². The molecule has 2 heteroatoms. The number of hydrogen-bond donors (Lipinski definition) is 0. The molecule has 14 heavy (non-hydrogen) atoms. The average molecular weight is 209 g/mol. The fraction of sp³-hybridized carbons (Fsp3) is 0.667. The highest BCUT2D eigenvalue weighted by molar-refractivity contribution is 7.09. The molecule has 0 amide bonds. The number of nitrogens with zero attached hydrogens (tertiary/aromatic N) is 1. The second kappa shape index (κ2) is 4.94. The molecule has 2 rings (SSSR count). The first-order valence-corrected chi connectivity index (χ1v) is 6.47. The van der Waals surface area contributed by atoms with E-state index in [1.807, 2.05) is 11.3 Å². The van der Waals surface area contributed by atoms with Crippen LogP contribution in [0.4, 0.5) is 0 Å². The molecule has 0 saturated carbocycles. The van der Waals surface area contributed by atoms with Gasteiger partial charge in [0.05, 0.1) is 0 Å². The van der Waals surface area contributed by atoms with Crippen molar-refractivity contribution in [3.8, 4) is 0 Å². The van der Waals surface area contributed by atoms with Gasteiger partial charge in [0, 0.05) is 11.4 Å². The monoisotopic (exact) mass is 209 g/mol. The summed E-state index contributed by atoms with van der Waals surface area (Å²) < 4.78 is 0. The third-order valence-corrected chi connectivity index (χ3v) is 4.07. The van der Waals surface area contributed by atoms with Crippen molar-refractivity contribution in [1.82, 2.24) is 4.90 Å². The molecule has 0 atom stereocenters. The van der Waals surface area contributed by atoms with Gasteiger partial charge in [0.1, 0.15) is 0 Å². The lowest BCUT2D eigenvalue weighted by Crippen LogP contribution is -2.34. The first-order chi connectivity index (χ1) is 6.84. The molecule has 1 fully saturated rings. The van der Waals surface area contributed by atoms with Crippen molar-refractivity contribution in [1.29, 1.82) is 0 Å². The molecule has 0 unspecified atom stereocenters. The van der Waals surface area contributed by atoms with E-state index in [4.69, 9.17) is 0 Å². The maximum absolute atomic E-state index is 2.61. The van der Waals surface area contributed by atoms with Gasteiger partial charge >= 0.3 is 0 Å². The minimum Gasteiger partial charge on any atom is -0.303 e. The number of hydrogen-bond acceptors (Lipinski definition) is 2. The molecule has 1 aliphatic heterocycles. The zero-order chi connectivity index (χ0) is 9.80. The van der Waals surface area contributed by atoms with Crippen LogP contribution in [0.2, 0.25) is 0 Å². The largest absolute Gasteiger partial charge is 0.303 e. The van der Waals surface area contributed by atoms with Crippen LogP contribution in [0, 0.1) is 5.92 Å². The van der Waals surface area contributed by atoms with Crippen LogP contribution in [0.3, 0.4) is 0 Å². The van der Waals surface area contributed by atoms with Crippen LogP contribution < -0.4 is 0 Å². The Bertz CT molecular complexity index is 247. The Morgan fingerprint density at radius 2 is 2.21 bits per heavy atom. The summed E-state index contributed by atoms with van der Waals surface area (Å²) in [5, 5.41) is 2.17. The molecule has 78 valence electrons. The van der Waals surface area contributed by atoms with Crippen molar-refractivity contribution in [2.45, 2.75) is 26.2 Å². The number of piperidine rings is 1. The van der Waals surface area contributed by atoms with Gasteiger partial charge < -0.3 is 4.90 Å². The molecule has 1 aromatic rings. The molecule has 0 radical (unpaired) electrons. The SMILES string of the molecule is CC1CCN(CCc2cccs2)CC1. The second-order valence-corrected chi connectivity index (χ2v) is 5.39. The fourth-order valence-corrected chi connectivity index (χ4v) is 2.71. The van der Waals surface area contributed by atoms with Crippen molar-refractivity contribution in [3.05, 3.63) is 22.4 Å². The Labute approximate surface area is 90.7 Å². The van der Waals surface area contributed by atoms with E-state index in [0.717, 1.165) is 5.92 Å². The van der Waals surface area contributed by atoms with E-state index in [2.05, 4.69) is 29.3 Å². The van der Waals surface area contributed by atoms with E-state index >= 15 is 0 Å². The molecule has 0 spiro atoms. The fourth-order valence-electron chi connectivity index (χ4n) is 2.01. The Morgan fingerprint density at radius 3 is 2.86 bits per heavy atom. The van der Waals surface area contributed by atoms with Crippen molar-refractivity contribution in [3.63, 3.8) is 0 Å². The lowest BCUT2D eigenvalue weighted by molar-refractivity contribution is 0.195. The molecule has 2 heterocycles. The summed E-state index contributed by atoms with van der Waals surface area (Å²) in [6.07, 6.45) is 4.03. The Morgan fingerprint density at radius 1 is 1.43 bits per heavy atom. The summed E-state index contributed by atoms with van der Waals surface area (Å²) in [7, 11) is 0. The summed E-state index contributed by atoms with van der Waals surface area (Å²) in [5.74, 6) is 0.952. The molecular weight excluding hydrogens is 190 g/mol. The molecule has 1 aromatic heterocycles. The average Bonchev–Trinajstić information content (AvgIpc) is 2.70. The predicted molar refractivity (Wildman–Crippen MR) is 62.9 cm³/mol. The van der Waals surface area contributed by atoms with Crippen LogP contribution >= 0.6 is 11.3 Å². The van der Waals surface area contributed by atoms with Gasteiger partial charge in [0.25, 0.3) is 0 Å². The normalized spacial score (nSPS) is 20.1. The van der Waals surface area contributed by atoms with Crippen molar-refractivity contribution >= 4 is 11.3 Å². The van der Waals surface area contributed by atoms with Crippen LogP contribution in [-0.2, 0) is 6.42 Å². The second-order valence-electron chi connectivity index (χ2n) is 4.35. The standard InChI is InChI=1S/C12H19NS/c1-11-4-7-13(8-5-11)9-6-12-3-2-10-14-12/h2-3,10-11H,4-9H2,1H3. The lowest BCUT2D eigenvalue weighted by atomic mass is 9.99. The van der Waals surface area contributed by atoms with Gasteiger partial charge in [0.2, 0.25) is 0 Å². The highest BCUT2D eigenvalue weighted by Crippen LogP contribution is 2.17. The van der Waals surface area contributed by atoms with E-state index in [0.29, 0.717) is 0 Å². The van der Waals surface area contributed by atoms with Crippen LogP contribution in [0.25, 0.3) is 0 Å². The summed E-state index contributed by atoms with van der Waals surface area (Å²) in [4.78, 5) is 4.14. The summed E-state index contributed by atoms with van der Waals surface area (Å²) in [6.45, 7) is 6.25. The third-order valence-electron chi connectivity index (χ3n) is 3.13. The highest BCUT2D eigenvalue weighted by atomic mass is 32.1. The zero-order valence-electron chi connectivity index (χ0n) is 8.91. The number of thiophene rings is 1. The van der Waals surface area contributed by atoms with Gasteiger partial charge in [-0.15, -0.1) is 11.3 Å². The molecule has 1 saturated heterocycles. The van der Waals surface area contributed by atoms with Crippen LogP contribution in [-0.4, -0.2) is 24.5 Å². The van der Waals surface area contributed by atoms with Gasteiger partial charge in [-0.1, -0.05) is 13.0 Å². The number of rotatable bonds is 3. The van der Waals surface area contributed by atoms with Crippen molar-refractivity contribution in [2.24, 2.45) is 5.92 Å². The van der Waals surface area contributed by atoms with E-state index in [1.54, 1.807) is 0 Å². The lowest BCUT2D eigenvalue weighted by Gasteiger charge is -2.29. The van der Waals surface area contributed by atoms with Gasteiger partial charge in [-0.05, 0) is 49.7 Å². The number of likely N-dealkylation sites (tertiary alicyclic amines) is 1. The van der Waals surface area contributed by atoms with E-state index in [-0.39, 0.29) is 0 Å². The zero-order valence-corrected chi connectivity index (χ0v) is 9.72. The van der Waals surface area contributed by atoms with Gasteiger partial charge in [-0.2, -0.15) is 0 Å². The Balaban J connectivity index is 1.71. The molecular formula is C12H19NS. The van der Waals surface area contributed by atoms with Crippen molar-refractivity contribution in [2.75, 3.05) is 19.6 Å². The van der Waals surface area contributed by atoms with Crippen LogP contribution in [0.5, 0.6) is 0 Å². The predicted octanol–water partition coefficient (Wildman–Crippen LogP) is 3.02. The maximum Gasteiger partial charge on any atom is 0.00579 e. The van der Waals surface area contributed by atoms with E-state index < -0.39 is 0 Å². The van der Waals surface area contributed by atoms with Gasteiger partial charge in [0.15, 0.2) is 0 Å². The van der Waals surface area contributed by atoms with E-state index in [1.165, 1.54) is 43.8 Å². The molecule has 1 nitrogen and oxygen atoms in total. The first-order valence-electron chi connectivity index (χ1n) is 5.59. The summed E-state index contributed by atoms with van der Waals surface area (Å²) in [6, 6.07) is 4.40. The summed E-state index contributed by atoms with van der Waals surface area (Å²) in [5.41, 5.74) is 0. The van der Waals surface area contributed by atoms with Crippen LogP contribution in [0.15, 0.2) is 17.5 Å². The van der Waals surface area contributed by atoms with E-state index in [9.17, 15) is 0 Å². The quantitative estimate of drug-likeness (QED) is 0.739. The first kappa shape index (κ1) is 10.2. The van der Waals surface area contributed by atoms with Crippen LogP contribution in [0.1, 0.15) is 24.6 Å². The molecule has 0 aliphatic carbocycles. The smallest absolute Gasteiger partial charge is 0.00579 e. The molecule has 1 aliphatic rings. The maximum atomic E-state index is 2.61. The minimum absolute atomic E-state index is 0.952. The third kappa shape index (κ3) is 2.82. The Kier molecular flexibility index (Phi) is 3.60. The molecule has 0 aromatic carbocycles. The topological polar surface area (TPSA) is 3.24 Å². The summed E-state index contributed by atoms with van der Waals surface area (Å²) >= 11 is 1.89. The minimum atomic E-state index is 0.952. The van der Waals surface area contributed by atoms with Gasteiger partial charge in [-0.25, -0.2) is 0 Å². The van der Waals surface area contributed by atoms with Crippen molar-refractivity contribution < 1.29 is 0 Å². The Hall–Kier alpha value is -0.340.